The van der Waals surface area contributed by atoms with Crippen LogP contribution < -0.4 is 5.32 Å². The number of carboxylic acid groups (broad SMARTS) is 1. The van der Waals surface area contributed by atoms with Gasteiger partial charge in [0.1, 0.15) is 6.04 Å². The molecule has 0 aliphatic carbocycles. The number of carboxylic acids is 1. The lowest BCUT2D eigenvalue weighted by Crippen LogP contribution is -2.48. The van der Waals surface area contributed by atoms with Crippen molar-refractivity contribution in [1.29, 1.82) is 0 Å². The van der Waals surface area contributed by atoms with E-state index >= 15 is 0 Å². The number of hydrogen-bond donors (Lipinski definition) is 2. The van der Waals surface area contributed by atoms with Gasteiger partial charge in [0.15, 0.2) is 0 Å². The van der Waals surface area contributed by atoms with Crippen LogP contribution in [0.5, 0.6) is 0 Å². The van der Waals surface area contributed by atoms with Crippen LogP contribution in [0.4, 0.5) is 0 Å². The Bertz CT molecular complexity index is 322. The van der Waals surface area contributed by atoms with E-state index in [9.17, 15) is 9.59 Å². The summed E-state index contributed by atoms with van der Waals surface area (Å²) in [6.45, 7) is 6.30. The minimum Gasteiger partial charge on any atom is -0.480 e. The van der Waals surface area contributed by atoms with Gasteiger partial charge in [0.05, 0.1) is 11.9 Å². The average Bonchev–Trinajstić information content (AvgIpc) is 2.73. The Morgan fingerprint density at radius 2 is 2.33 bits per heavy atom. The molecule has 2 unspecified atom stereocenters. The first-order chi connectivity index (χ1) is 8.61. The fourth-order valence-electron chi connectivity index (χ4n) is 1.93. The Labute approximate surface area is 112 Å². The highest BCUT2D eigenvalue weighted by atomic mass is 32.2. The number of nitrogens with zero attached hydrogens (tertiary/aromatic N) is 1. The predicted octanol–water partition coefficient (Wildman–Crippen LogP) is 0.917. The van der Waals surface area contributed by atoms with Crippen LogP contribution in [-0.2, 0) is 9.59 Å². The number of rotatable bonds is 7. The van der Waals surface area contributed by atoms with Gasteiger partial charge in [-0.1, -0.05) is 19.4 Å². The van der Waals surface area contributed by atoms with Crippen molar-refractivity contribution in [3.8, 4) is 0 Å². The molecule has 1 aliphatic heterocycles. The number of carbonyl (C=O) groups is 2. The third-order valence-electron chi connectivity index (χ3n) is 2.77. The van der Waals surface area contributed by atoms with Gasteiger partial charge in [-0.3, -0.25) is 4.79 Å². The lowest BCUT2D eigenvalue weighted by atomic mass is 10.2. The van der Waals surface area contributed by atoms with Gasteiger partial charge in [-0.2, -0.15) is 0 Å². The quantitative estimate of drug-likeness (QED) is 0.533. The molecule has 2 N–H and O–H groups in total. The van der Waals surface area contributed by atoms with E-state index in [1.165, 1.54) is 4.90 Å². The second kappa shape index (κ2) is 7.43. The second-order valence-corrected chi connectivity index (χ2v) is 5.36. The highest BCUT2D eigenvalue weighted by Crippen LogP contribution is 2.32. The number of nitrogens with one attached hydrogen (secondary N) is 1. The summed E-state index contributed by atoms with van der Waals surface area (Å²) in [5.41, 5.74) is 0. The molecule has 2 atom stereocenters. The first-order valence-electron chi connectivity index (χ1n) is 6.09. The zero-order chi connectivity index (χ0) is 13.5. The Morgan fingerprint density at radius 1 is 1.61 bits per heavy atom. The summed E-state index contributed by atoms with van der Waals surface area (Å²) >= 11 is 1.56. The van der Waals surface area contributed by atoms with Crippen molar-refractivity contribution in [2.24, 2.45) is 0 Å². The van der Waals surface area contributed by atoms with E-state index in [0.29, 0.717) is 12.3 Å². The largest absolute Gasteiger partial charge is 0.480 e. The summed E-state index contributed by atoms with van der Waals surface area (Å²) in [7, 11) is 0. The molecule has 0 aromatic rings. The fraction of sp³-hybridized carbons (Fsp3) is 0.667. The van der Waals surface area contributed by atoms with Gasteiger partial charge < -0.3 is 15.3 Å². The zero-order valence-corrected chi connectivity index (χ0v) is 11.4. The molecule has 1 aliphatic rings. The maximum Gasteiger partial charge on any atom is 0.327 e. The summed E-state index contributed by atoms with van der Waals surface area (Å²) < 4.78 is 0. The van der Waals surface area contributed by atoms with E-state index in [2.05, 4.69) is 11.9 Å². The van der Waals surface area contributed by atoms with Crippen LogP contribution in [0.2, 0.25) is 0 Å². The van der Waals surface area contributed by atoms with Crippen molar-refractivity contribution >= 4 is 23.6 Å². The number of amides is 1. The van der Waals surface area contributed by atoms with Crippen LogP contribution in [0.25, 0.3) is 0 Å². The average molecular weight is 272 g/mol. The van der Waals surface area contributed by atoms with Crippen LogP contribution in [0.3, 0.4) is 0 Å². The van der Waals surface area contributed by atoms with Crippen molar-refractivity contribution in [2.45, 2.75) is 31.2 Å². The first kappa shape index (κ1) is 15.0. The molecular weight excluding hydrogens is 252 g/mol. The normalized spacial score (nSPS) is 23.1. The van der Waals surface area contributed by atoms with E-state index in [1.54, 1.807) is 17.8 Å². The predicted molar refractivity (Wildman–Crippen MR) is 72.5 cm³/mol. The van der Waals surface area contributed by atoms with Crippen LogP contribution in [0.15, 0.2) is 12.7 Å². The first-order valence-corrected chi connectivity index (χ1v) is 7.13. The Hall–Kier alpha value is -1.01. The summed E-state index contributed by atoms with van der Waals surface area (Å²) in [5.74, 6) is -0.585. The molecule has 5 nitrogen and oxygen atoms in total. The molecule has 0 saturated carbocycles. The molecule has 18 heavy (non-hydrogen) atoms. The van der Waals surface area contributed by atoms with E-state index in [-0.39, 0.29) is 17.8 Å². The third-order valence-corrected chi connectivity index (χ3v) is 4.12. The molecule has 1 rings (SSSR count). The molecular formula is C12H20N2O3S. The minimum atomic E-state index is -0.918. The second-order valence-electron chi connectivity index (χ2n) is 4.15. The van der Waals surface area contributed by atoms with Gasteiger partial charge >= 0.3 is 5.97 Å². The molecule has 102 valence electrons. The highest BCUT2D eigenvalue weighted by Gasteiger charge is 2.40. The maximum atomic E-state index is 12.1. The smallest absolute Gasteiger partial charge is 0.327 e. The van der Waals surface area contributed by atoms with E-state index < -0.39 is 12.0 Å². The monoisotopic (exact) mass is 272 g/mol. The van der Waals surface area contributed by atoms with Gasteiger partial charge in [0, 0.05) is 12.3 Å². The van der Waals surface area contributed by atoms with Gasteiger partial charge in [-0.25, -0.2) is 4.79 Å². The van der Waals surface area contributed by atoms with Crippen molar-refractivity contribution < 1.29 is 14.7 Å². The molecule has 1 heterocycles. The number of carbonyl (C=O) groups excluding carboxylic acids is 1. The summed E-state index contributed by atoms with van der Waals surface area (Å²) in [4.78, 5) is 24.7. The van der Waals surface area contributed by atoms with Gasteiger partial charge in [-0.15, -0.1) is 18.3 Å². The zero-order valence-electron chi connectivity index (χ0n) is 10.6. The van der Waals surface area contributed by atoms with E-state index in [1.807, 2.05) is 6.92 Å². The Morgan fingerprint density at radius 3 is 2.89 bits per heavy atom. The van der Waals surface area contributed by atoms with Gasteiger partial charge in [-0.05, 0) is 6.42 Å². The van der Waals surface area contributed by atoms with Crippen molar-refractivity contribution in [1.82, 2.24) is 10.2 Å². The molecule has 6 heteroatoms. The van der Waals surface area contributed by atoms with Crippen LogP contribution in [0.1, 0.15) is 19.8 Å². The molecule has 1 amide bonds. The Balaban J connectivity index is 2.66. The lowest BCUT2D eigenvalue weighted by Gasteiger charge is -2.27. The summed E-state index contributed by atoms with van der Waals surface area (Å²) in [6, 6.07) is -0.690. The maximum absolute atomic E-state index is 12.1. The van der Waals surface area contributed by atoms with Crippen LogP contribution in [0, 0.1) is 0 Å². The van der Waals surface area contributed by atoms with Crippen molar-refractivity contribution in [3.63, 3.8) is 0 Å². The summed E-state index contributed by atoms with van der Waals surface area (Å²) in [5, 5.41) is 12.1. The van der Waals surface area contributed by atoms with Crippen molar-refractivity contribution in [2.75, 3.05) is 18.8 Å². The molecule has 0 spiro atoms. The van der Waals surface area contributed by atoms with Gasteiger partial charge in [0.25, 0.3) is 0 Å². The molecule has 1 fully saturated rings. The SMILES string of the molecule is C=CCNCC(=O)N1C(CCC)SCC1C(=O)O. The molecule has 0 bridgehead atoms. The van der Waals surface area contributed by atoms with E-state index in [4.69, 9.17) is 5.11 Å². The number of aliphatic carboxylic acids is 1. The van der Waals surface area contributed by atoms with Crippen LogP contribution in [-0.4, -0.2) is 52.1 Å². The van der Waals surface area contributed by atoms with Gasteiger partial charge in [0.2, 0.25) is 5.91 Å². The molecule has 0 aromatic heterocycles. The molecule has 0 radical (unpaired) electrons. The highest BCUT2D eigenvalue weighted by molar-refractivity contribution is 8.00. The van der Waals surface area contributed by atoms with E-state index in [0.717, 1.165) is 12.8 Å². The molecule has 0 aromatic carbocycles. The molecule has 1 saturated heterocycles. The lowest BCUT2D eigenvalue weighted by molar-refractivity contribution is -0.148. The number of thioether (sulfide) groups is 1. The Kier molecular flexibility index (Phi) is 6.21. The summed E-state index contributed by atoms with van der Waals surface area (Å²) in [6.07, 6.45) is 3.44. The fourth-order valence-corrected chi connectivity index (χ4v) is 3.47. The van der Waals surface area contributed by atoms with Crippen LogP contribution >= 0.6 is 11.8 Å². The standard InChI is InChI=1S/C12H20N2O3S/c1-3-5-11-14(9(8-18-11)12(16)17)10(15)7-13-6-4-2/h4,9,11,13H,2-3,5-8H2,1H3,(H,16,17). The third kappa shape index (κ3) is 3.74. The topological polar surface area (TPSA) is 69.6 Å². The minimum absolute atomic E-state index is 0.00543. The number of hydrogen-bond acceptors (Lipinski definition) is 4. The van der Waals surface area contributed by atoms with Crippen molar-refractivity contribution in [3.05, 3.63) is 12.7 Å².